The first kappa shape index (κ1) is 22.8. The van der Waals surface area contributed by atoms with Crippen LogP contribution >= 0.6 is 0 Å². The molecule has 0 aliphatic heterocycles. The molecule has 2 aromatic carbocycles. The van der Waals surface area contributed by atoms with E-state index in [9.17, 15) is 4.79 Å². The van der Waals surface area contributed by atoms with E-state index < -0.39 is 11.7 Å². The highest BCUT2D eigenvalue weighted by Gasteiger charge is 2.16. The molecule has 1 amide bonds. The normalized spacial score (nSPS) is 11.2. The molecule has 0 heterocycles. The van der Waals surface area contributed by atoms with Gasteiger partial charge in [0, 0.05) is 18.7 Å². The van der Waals surface area contributed by atoms with Crippen molar-refractivity contribution in [3.8, 4) is 5.75 Å². The fraction of sp³-hybridized carbons (Fsp3) is 0.458. The molecule has 29 heavy (non-hydrogen) atoms. The number of nitrogens with one attached hydrogen (secondary N) is 1. The molecule has 0 saturated carbocycles. The number of carbonyl (C=O) groups excluding carboxylic acids is 1. The zero-order valence-electron chi connectivity index (χ0n) is 18.0. The van der Waals surface area contributed by atoms with Gasteiger partial charge in [-0.05, 0) is 69.0 Å². The minimum Gasteiger partial charge on any atom is -0.493 e. The van der Waals surface area contributed by atoms with E-state index in [1.807, 2.05) is 57.2 Å². The third kappa shape index (κ3) is 9.48. The van der Waals surface area contributed by atoms with Gasteiger partial charge in [-0.15, -0.1) is 0 Å². The van der Waals surface area contributed by atoms with Crippen molar-refractivity contribution in [3.63, 3.8) is 0 Å². The molecule has 2 rings (SSSR count). The molecule has 0 spiro atoms. The van der Waals surface area contributed by atoms with Gasteiger partial charge in [0.2, 0.25) is 0 Å². The van der Waals surface area contributed by atoms with Crippen LogP contribution in [-0.4, -0.2) is 31.5 Å². The SMILES string of the molecule is CCCOCCc1ccc(OCCc2ccc(NC(=O)OC(C)(C)C)cc2)cc1. The second-order valence-corrected chi connectivity index (χ2v) is 7.93. The highest BCUT2D eigenvalue weighted by molar-refractivity contribution is 5.84. The fourth-order valence-corrected chi connectivity index (χ4v) is 2.65. The molecule has 1 N–H and O–H groups in total. The van der Waals surface area contributed by atoms with E-state index in [4.69, 9.17) is 14.2 Å². The predicted molar refractivity (Wildman–Crippen MR) is 117 cm³/mol. The Bertz CT molecular complexity index is 733. The Morgan fingerprint density at radius 1 is 0.862 bits per heavy atom. The number of ether oxygens (including phenoxy) is 3. The molecular weight excluding hydrogens is 366 g/mol. The first-order chi connectivity index (χ1) is 13.9. The van der Waals surface area contributed by atoms with Gasteiger partial charge in [-0.1, -0.05) is 31.2 Å². The van der Waals surface area contributed by atoms with E-state index in [-0.39, 0.29) is 0 Å². The van der Waals surface area contributed by atoms with Crippen molar-refractivity contribution in [2.24, 2.45) is 0 Å². The largest absolute Gasteiger partial charge is 0.493 e. The first-order valence-electron chi connectivity index (χ1n) is 10.2. The average molecular weight is 400 g/mol. The molecule has 0 fully saturated rings. The van der Waals surface area contributed by atoms with Crippen LogP contribution < -0.4 is 10.1 Å². The summed E-state index contributed by atoms with van der Waals surface area (Å²) in [6.07, 6.45) is 2.31. The van der Waals surface area contributed by atoms with Crippen molar-refractivity contribution in [2.75, 3.05) is 25.1 Å². The van der Waals surface area contributed by atoms with Gasteiger partial charge in [-0.25, -0.2) is 4.79 Å². The Morgan fingerprint density at radius 2 is 1.45 bits per heavy atom. The van der Waals surface area contributed by atoms with Gasteiger partial charge in [-0.2, -0.15) is 0 Å². The number of rotatable bonds is 10. The molecular formula is C24H33NO4. The summed E-state index contributed by atoms with van der Waals surface area (Å²) >= 11 is 0. The summed E-state index contributed by atoms with van der Waals surface area (Å²) in [6.45, 7) is 9.80. The molecule has 0 aliphatic carbocycles. The van der Waals surface area contributed by atoms with E-state index in [0.717, 1.165) is 43.8 Å². The summed E-state index contributed by atoms with van der Waals surface area (Å²) in [5.41, 5.74) is 2.59. The lowest BCUT2D eigenvalue weighted by atomic mass is 10.1. The van der Waals surface area contributed by atoms with Crippen molar-refractivity contribution in [1.29, 1.82) is 0 Å². The van der Waals surface area contributed by atoms with Crippen LogP contribution in [0.4, 0.5) is 10.5 Å². The van der Waals surface area contributed by atoms with E-state index in [0.29, 0.717) is 12.3 Å². The van der Waals surface area contributed by atoms with Crippen LogP contribution in [0.5, 0.6) is 5.75 Å². The molecule has 0 radical (unpaired) electrons. The van der Waals surface area contributed by atoms with Gasteiger partial charge in [0.05, 0.1) is 13.2 Å². The molecule has 5 heteroatoms. The minimum absolute atomic E-state index is 0.450. The maximum Gasteiger partial charge on any atom is 0.412 e. The molecule has 158 valence electrons. The minimum atomic E-state index is -0.512. The van der Waals surface area contributed by atoms with Crippen LogP contribution in [0.1, 0.15) is 45.2 Å². The van der Waals surface area contributed by atoms with Crippen molar-refractivity contribution < 1.29 is 19.0 Å². The van der Waals surface area contributed by atoms with Gasteiger partial charge in [-0.3, -0.25) is 5.32 Å². The average Bonchev–Trinajstić information content (AvgIpc) is 2.66. The third-order valence-electron chi connectivity index (χ3n) is 4.07. The number of carbonyl (C=O) groups is 1. The summed E-state index contributed by atoms with van der Waals surface area (Å²) in [5, 5.41) is 2.73. The maximum absolute atomic E-state index is 11.8. The second-order valence-electron chi connectivity index (χ2n) is 7.93. The number of hydrogen-bond acceptors (Lipinski definition) is 4. The van der Waals surface area contributed by atoms with E-state index in [2.05, 4.69) is 24.4 Å². The number of benzene rings is 2. The smallest absolute Gasteiger partial charge is 0.412 e. The second kappa shape index (κ2) is 11.5. The van der Waals surface area contributed by atoms with Gasteiger partial charge in [0.15, 0.2) is 0 Å². The third-order valence-corrected chi connectivity index (χ3v) is 4.07. The van der Waals surface area contributed by atoms with Crippen LogP contribution in [0.15, 0.2) is 48.5 Å². The molecule has 0 bridgehead atoms. The Balaban J connectivity index is 1.71. The van der Waals surface area contributed by atoms with Crippen LogP contribution in [-0.2, 0) is 22.3 Å². The van der Waals surface area contributed by atoms with Crippen LogP contribution in [0.25, 0.3) is 0 Å². The highest BCUT2D eigenvalue weighted by Crippen LogP contribution is 2.15. The van der Waals surface area contributed by atoms with Crippen molar-refractivity contribution in [2.45, 2.75) is 52.6 Å². The van der Waals surface area contributed by atoms with Crippen molar-refractivity contribution >= 4 is 11.8 Å². The summed E-state index contributed by atoms with van der Waals surface area (Å²) < 4.78 is 16.6. The molecule has 0 aromatic heterocycles. The van der Waals surface area contributed by atoms with Crippen molar-refractivity contribution in [3.05, 3.63) is 59.7 Å². The van der Waals surface area contributed by atoms with Gasteiger partial charge in [0.25, 0.3) is 0 Å². The molecule has 2 aromatic rings. The molecule has 0 aliphatic rings. The summed E-state index contributed by atoms with van der Waals surface area (Å²) in [5.74, 6) is 0.867. The molecule has 5 nitrogen and oxygen atoms in total. The zero-order chi connectivity index (χ0) is 21.1. The maximum atomic E-state index is 11.8. The first-order valence-corrected chi connectivity index (χ1v) is 10.2. The highest BCUT2D eigenvalue weighted by atomic mass is 16.6. The van der Waals surface area contributed by atoms with Gasteiger partial charge in [0.1, 0.15) is 11.4 Å². The lowest BCUT2D eigenvalue weighted by Gasteiger charge is -2.19. The monoisotopic (exact) mass is 399 g/mol. The van der Waals surface area contributed by atoms with Crippen LogP contribution in [0.2, 0.25) is 0 Å². The lowest BCUT2D eigenvalue weighted by Crippen LogP contribution is -2.27. The zero-order valence-corrected chi connectivity index (χ0v) is 18.0. The Labute approximate surface area is 174 Å². The van der Waals surface area contributed by atoms with Gasteiger partial charge >= 0.3 is 6.09 Å². The standard InChI is InChI=1S/C24H33NO4/c1-5-16-27-17-14-20-8-12-22(13-9-20)28-18-15-19-6-10-21(11-7-19)25-23(26)29-24(2,3)4/h6-13H,5,14-18H2,1-4H3,(H,25,26). The van der Waals surface area contributed by atoms with E-state index in [1.54, 1.807) is 0 Å². The molecule has 0 saturated heterocycles. The Hall–Kier alpha value is -2.53. The lowest BCUT2D eigenvalue weighted by molar-refractivity contribution is 0.0636. The Morgan fingerprint density at radius 3 is 2.03 bits per heavy atom. The molecule has 0 unspecified atom stereocenters. The quantitative estimate of drug-likeness (QED) is 0.527. The summed E-state index contributed by atoms with van der Waals surface area (Å²) in [6, 6.07) is 15.9. The van der Waals surface area contributed by atoms with Gasteiger partial charge < -0.3 is 14.2 Å². The summed E-state index contributed by atoms with van der Waals surface area (Å²) in [4.78, 5) is 11.8. The fourth-order valence-electron chi connectivity index (χ4n) is 2.65. The van der Waals surface area contributed by atoms with Crippen LogP contribution in [0.3, 0.4) is 0 Å². The van der Waals surface area contributed by atoms with E-state index in [1.165, 1.54) is 5.56 Å². The molecule has 0 atom stereocenters. The predicted octanol–water partition coefficient (Wildman–Crippen LogP) is 5.62. The Kier molecular flexibility index (Phi) is 9.00. The summed E-state index contributed by atoms with van der Waals surface area (Å²) in [7, 11) is 0. The van der Waals surface area contributed by atoms with Crippen LogP contribution in [0, 0.1) is 0 Å². The van der Waals surface area contributed by atoms with Crippen molar-refractivity contribution in [1.82, 2.24) is 0 Å². The number of amides is 1. The topological polar surface area (TPSA) is 56.8 Å². The van der Waals surface area contributed by atoms with E-state index >= 15 is 0 Å². The number of hydrogen-bond donors (Lipinski definition) is 1. The number of anilines is 1.